The quantitative estimate of drug-likeness (QED) is 0.428. The van der Waals surface area contributed by atoms with Crippen LogP contribution in [0.1, 0.15) is 26.2 Å². The molecule has 0 spiro atoms. The summed E-state index contributed by atoms with van der Waals surface area (Å²) in [5, 5.41) is 0. The van der Waals surface area contributed by atoms with E-state index in [4.69, 9.17) is 10.5 Å². The lowest BCUT2D eigenvalue weighted by molar-refractivity contribution is 0.130. The van der Waals surface area contributed by atoms with Gasteiger partial charge in [0.2, 0.25) is 0 Å². The second-order valence-electron chi connectivity index (χ2n) is 4.16. The maximum atomic E-state index is 5.94. The van der Waals surface area contributed by atoms with Crippen molar-refractivity contribution in [2.24, 2.45) is 10.7 Å². The molecule has 5 heteroatoms. The molecule has 2 N–H and O–H groups in total. The molecule has 100 valence electrons. The minimum Gasteiger partial charge on any atom is -0.381 e. The highest BCUT2D eigenvalue weighted by Crippen LogP contribution is 2.08. The standard InChI is InChI=1S/C12H25N3OS/c1-2-3-8-16-9-4-5-14-12(13)15-6-10-17-11-7-15/h2-11H2,1H3,(H2,13,14). The molecular weight excluding hydrogens is 234 g/mol. The second-order valence-corrected chi connectivity index (χ2v) is 5.38. The lowest BCUT2D eigenvalue weighted by atomic mass is 10.4. The fraction of sp³-hybridized carbons (Fsp3) is 0.917. The Hall–Kier alpha value is -0.420. The van der Waals surface area contributed by atoms with Gasteiger partial charge in [0.1, 0.15) is 0 Å². The zero-order chi connectivity index (χ0) is 12.3. The first-order chi connectivity index (χ1) is 8.34. The summed E-state index contributed by atoms with van der Waals surface area (Å²) in [6, 6.07) is 0. The molecule has 0 bridgehead atoms. The molecule has 0 radical (unpaired) electrons. The molecule has 1 heterocycles. The Balaban J connectivity index is 2.02. The third kappa shape index (κ3) is 6.78. The molecule has 0 unspecified atom stereocenters. The van der Waals surface area contributed by atoms with E-state index in [1.165, 1.54) is 6.42 Å². The number of thioether (sulfide) groups is 1. The summed E-state index contributed by atoms with van der Waals surface area (Å²) in [5.74, 6) is 3.03. The van der Waals surface area contributed by atoms with Gasteiger partial charge in [-0.1, -0.05) is 13.3 Å². The van der Waals surface area contributed by atoms with Crippen molar-refractivity contribution in [3.05, 3.63) is 0 Å². The van der Waals surface area contributed by atoms with Crippen molar-refractivity contribution in [1.29, 1.82) is 0 Å². The van der Waals surface area contributed by atoms with Crippen LogP contribution >= 0.6 is 11.8 Å². The minimum absolute atomic E-state index is 0.707. The Morgan fingerprint density at radius 2 is 2.00 bits per heavy atom. The number of nitrogens with two attached hydrogens (primary N) is 1. The van der Waals surface area contributed by atoms with E-state index in [0.717, 1.165) is 57.2 Å². The summed E-state index contributed by atoms with van der Waals surface area (Å²) in [6.45, 7) is 6.69. The van der Waals surface area contributed by atoms with Crippen LogP contribution in [0.2, 0.25) is 0 Å². The van der Waals surface area contributed by atoms with Crippen molar-refractivity contribution in [3.8, 4) is 0 Å². The molecule has 0 aromatic heterocycles. The van der Waals surface area contributed by atoms with E-state index in [1.54, 1.807) is 0 Å². The fourth-order valence-electron chi connectivity index (χ4n) is 1.60. The second kappa shape index (κ2) is 9.59. The number of rotatable bonds is 7. The summed E-state index contributed by atoms with van der Waals surface area (Å²) in [6.07, 6.45) is 3.31. The molecular formula is C12H25N3OS. The first-order valence-corrected chi connectivity index (χ1v) is 7.70. The summed E-state index contributed by atoms with van der Waals surface area (Å²) >= 11 is 1.98. The van der Waals surface area contributed by atoms with Crippen LogP contribution in [-0.4, -0.2) is 55.2 Å². The molecule has 0 aromatic rings. The Morgan fingerprint density at radius 1 is 1.29 bits per heavy atom. The molecule has 0 aromatic carbocycles. The molecule has 1 fully saturated rings. The van der Waals surface area contributed by atoms with Crippen LogP contribution < -0.4 is 5.73 Å². The van der Waals surface area contributed by atoms with Crippen molar-refractivity contribution in [3.63, 3.8) is 0 Å². The van der Waals surface area contributed by atoms with Crippen LogP contribution in [0.4, 0.5) is 0 Å². The highest BCUT2D eigenvalue weighted by atomic mass is 32.2. The van der Waals surface area contributed by atoms with Gasteiger partial charge in [-0.3, -0.25) is 4.99 Å². The number of ether oxygens (including phenoxy) is 1. The van der Waals surface area contributed by atoms with Crippen LogP contribution in [0.3, 0.4) is 0 Å². The topological polar surface area (TPSA) is 50.9 Å². The highest BCUT2D eigenvalue weighted by Gasteiger charge is 2.11. The highest BCUT2D eigenvalue weighted by molar-refractivity contribution is 7.99. The Kier molecular flexibility index (Phi) is 8.26. The van der Waals surface area contributed by atoms with E-state index in [9.17, 15) is 0 Å². The number of hydrogen-bond acceptors (Lipinski definition) is 3. The fourth-order valence-corrected chi connectivity index (χ4v) is 2.50. The summed E-state index contributed by atoms with van der Waals surface area (Å²) in [4.78, 5) is 6.57. The van der Waals surface area contributed by atoms with Crippen LogP contribution in [0.25, 0.3) is 0 Å². The predicted octanol–water partition coefficient (Wildman–Crippen LogP) is 1.56. The van der Waals surface area contributed by atoms with Crippen molar-refractivity contribution in [1.82, 2.24) is 4.90 Å². The van der Waals surface area contributed by atoms with E-state index in [2.05, 4.69) is 16.8 Å². The number of unbranched alkanes of at least 4 members (excludes halogenated alkanes) is 1. The van der Waals surface area contributed by atoms with Crippen LogP contribution in [0, 0.1) is 0 Å². The van der Waals surface area contributed by atoms with Crippen molar-refractivity contribution < 1.29 is 4.74 Å². The number of guanidine groups is 1. The molecule has 0 amide bonds. The zero-order valence-electron chi connectivity index (χ0n) is 10.9. The molecule has 1 aliphatic heterocycles. The molecule has 0 saturated carbocycles. The lowest BCUT2D eigenvalue weighted by Crippen LogP contribution is -2.42. The third-order valence-electron chi connectivity index (χ3n) is 2.70. The number of nitrogens with zero attached hydrogens (tertiary/aromatic N) is 2. The van der Waals surface area contributed by atoms with E-state index < -0.39 is 0 Å². The van der Waals surface area contributed by atoms with Gasteiger partial charge >= 0.3 is 0 Å². The van der Waals surface area contributed by atoms with E-state index in [-0.39, 0.29) is 0 Å². The van der Waals surface area contributed by atoms with Gasteiger partial charge < -0.3 is 15.4 Å². The SMILES string of the molecule is CCCCOCCCN=C(N)N1CCSCC1. The maximum Gasteiger partial charge on any atom is 0.191 e. The maximum absolute atomic E-state index is 5.94. The van der Waals surface area contributed by atoms with Gasteiger partial charge in [-0.25, -0.2) is 0 Å². The number of hydrogen-bond donors (Lipinski definition) is 1. The largest absolute Gasteiger partial charge is 0.381 e. The number of aliphatic imine (C=N–C) groups is 1. The van der Waals surface area contributed by atoms with E-state index in [1.807, 2.05) is 11.8 Å². The van der Waals surface area contributed by atoms with Gasteiger partial charge in [-0.05, 0) is 12.8 Å². The van der Waals surface area contributed by atoms with E-state index in [0.29, 0.717) is 5.96 Å². The molecule has 1 aliphatic rings. The summed E-state index contributed by atoms with van der Waals surface area (Å²) in [5.41, 5.74) is 5.94. The van der Waals surface area contributed by atoms with Gasteiger partial charge in [-0.15, -0.1) is 0 Å². The van der Waals surface area contributed by atoms with Gasteiger partial charge in [0.05, 0.1) is 0 Å². The first kappa shape index (κ1) is 14.6. The first-order valence-electron chi connectivity index (χ1n) is 6.55. The third-order valence-corrected chi connectivity index (χ3v) is 3.64. The Morgan fingerprint density at radius 3 is 2.71 bits per heavy atom. The van der Waals surface area contributed by atoms with Gasteiger partial charge in [0, 0.05) is 44.4 Å². The van der Waals surface area contributed by atoms with Crippen molar-refractivity contribution >= 4 is 17.7 Å². The molecule has 1 saturated heterocycles. The molecule has 1 rings (SSSR count). The van der Waals surface area contributed by atoms with Crippen molar-refractivity contribution in [2.75, 3.05) is 44.4 Å². The average Bonchev–Trinajstić information content (AvgIpc) is 2.38. The van der Waals surface area contributed by atoms with Crippen LogP contribution in [0.15, 0.2) is 4.99 Å². The monoisotopic (exact) mass is 259 g/mol. The molecule has 0 atom stereocenters. The normalized spacial score (nSPS) is 17.5. The Bertz CT molecular complexity index is 218. The minimum atomic E-state index is 0.707. The van der Waals surface area contributed by atoms with Crippen LogP contribution in [0.5, 0.6) is 0 Å². The predicted molar refractivity (Wildman–Crippen MR) is 75.7 cm³/mol. The molecule has 17 heavy (non-hydrogen) atoms. The van der Waals surface area contributed by atoms with Gasteiger partial charge in [0.15, 0.2) is 5.96 Å². The molecule has 4 nitrogen and oxygen atoms in total. The zero-order valence-corrected chi connectivity index (χ0v) is 11.7. The van der Waals surface area contributed by atoms with Crippen LogP contribution in [-0.2, 0) is 4.74 Å². The summed E-state index contributed by atoms with van der Waals surface area (Å²) in [7, 11) is 0. The summed E-state index contributed by atoms with van der Waals surface area (Å²) < 4.78 is 5.47. The molecule has 0 aliphatic carbocycles. The Labute approximate surface area is 109 Å². The smallest absolute Gasteiger partial charge is 0.191 e. The van der Waals surface area contributed by atoms with Gasteiger partial charge in [-0.2, -0.15) is 11.8 Å². The van der Waals surface area contributed by atoms with E-state index >= 15 is 0 Å². The van der Waals surface area contributed by atoms with Gasteiger partial charge in [0.25, 0.3) is 0 Å². The average molecular weight is 259 g/mol. The lowest BCUT2D eigenvalue weighted by Gasteiger charge is -2.27. The van der Waals surface area contributed by atoms with Crippen molar-refractivity contribution in [2.45, 2.75) is 26.2 Å².